The van der Waals surface area contributed by atoms with Gasteiger partial charge in [0.1, 0.15) is 0 Å². The highest BCUT2D eigenvalue weighted by Gasteiger charge is 2.18. The normalized spacial score (nSPS) is 16.0. The molecule has 0 unspecified atom stereocenters. The predicted molar refractivity (Wildman–Crippen MR) is 105 cm³/mol. The van der Waals surface area contributed by atoms with E-state index in [-0.39, 0.29) is 5.56 Å². The van der Waals surface area contributed by atoms with E-state index in [2.05, 4.69) is 39.7 Å². The van der Waals surface area contributed by atoms with Crippen LogP contribution in [0.4, 0.5) is 0 Å². The van der Waals surface area contributed by atoms with Crippen molar-refractivity contribution in [1.29, 1.82) is 0 Å². The van der Waals surface area contributed by atoms with E-state index in [1.54, 1.807) is 0 Å². The second-order valence-corrected chi connectivity index (χ2v) is 6.98. The fourth-order valence-electron chi connectivity index (χ4n) is 4.23. The highest BCUT2D eigenvalue weighted by atomic mass is 16.5. The molecule has 26 heavy (non-hydrogen) atoms. The molecule has 5 rings (SSSR count). The molecule has 1 saturated heterocycles. The van der Waals surface area contributed by atoms with Gasteiger partial charge in [0.2, 0.25) is 0 Å². The lowest BCUT2D eigenvalue weighted by Gasteiger charge is -2.27. The van der Waals surface area contributed by atoms with Crippen LogP contribution in [-0.2, 0) is 18.3 Å². The summed E-state index contributed by atoms with van der Waals surface area (Å²) in [5, 5.41) is 2.85. The van der Waals surface area contributed by atoms with Gasteiger partial charge in [-0.25, -0.2) is 0 Å². The molecule has 0 radical (unpaired) electrons. The van der Waals surface area contributed by atoms with Crippen molar-refractivity contribution in [3.8, 4) is 0 Å². The minimum Gasteiger partial charge on any atom is -0.379 e. The Morgan fingerprint density at radius 3 is 2.50 bits per heavy atom. The van der Waals surface area contributed by atoms with Crippen LogP contribution in [-0.4, -0.2) is 40.8 Å². The molecule has 0 spiro atoms. The molecule has 5 nitrogen and oxygen atoms in total. The van der Waals surface area contributed by atoms with E-state index in [0.29, 0.717) is 0 Å². The lowest BCUT2D eigenvalue weighted by Crippen LogP contribution is -2.35. The zero-order valence-corrected chi connectivity index (χ0v) is 14.8. The Labute approximate surface area is 150 Å². The molecular formula is C21H21N3O2. The van der Waals surface area contributed by atoms with Crippen LogP contribution in [0.5, 0.6) is 0 Å². The summed E-state index contributed by atoms with van der Waals surface area (Å²) in [4.78, 5) is 18.1. The number of benzene rings is 2. The number of nitrogens with one attached hydrogen (secondary N) is 1. The van der Waals surface area contributed by atoms with Crippen LogP contribution >= 0.6 is 0 Å². The van der Waals surface area contributed by atoms with Gasteiger partial charge in [-0.2, -0.15) is 0 Å². The first-order valence-corrected chi connectivity index (χ1v) is 9.05. The summed E-state index contributed by atoms with van der Waals surface area (Å²) >= 11 is 0. The first-order chi connectivity index (χ1) is 12.7. The van der Waals surface area contributed by atoms with Crippen molar-refractivity contribution >= 4 is 32.7 Å². The van der Waals surface area contributed by atoms with Gasteiger partial charge in [0.15, 0.2) is 0 Å². The zero-order valence-electron chi connectivity index (χ0n) is 14.8. The highest BCUT2D eigenvalue weighted by Crippen LogP contribution is 2.32. The van der Waals surface area contributed by atoms with E-state index >= 15 is 0 Å². The number of fused-ring (bicyclic) bond motifs is 5. The average molecular weight is 347 g/mol. The third-order valence-electron chi connectivity index (χ3n) is 5.46. The first-order valence-electron chi connectivity index (χ1n) is 9.05. The summed E-state index contributed by atoms with van der Waals surface area (Å²) in [6.45, 7) is 4.40. The van der Waals surface area contributed by atoms with Gasteiger partial charge < -0.3 is 14.3 Å². The first kappa shape index (κ1) is 15.6. The van der Waals surface area contributed by atoms with E-state index in [1.807, 2.05) is 24.3 Å². The fourth-order valence-corrected chi connectivity index (χ4v) is 4.23. The van der Waals surface area contributed by atoms with Gasteiger partial charge in [-0.15, -0.1) is 0 Å². The maximum Gasteiger partial charge on any atom is 0.256 e. The van der Waals surface area contributed by atoms with E-state index in [4.69, 9.17) is 4.74 Å². The SMILES string of the molecule is Cn1c2c(CN3CCOCC3)cccc2c2[nH]c(=O)c3ccccc3c21. The van der Waals surface area contributed by atoms with E-state index in [0.717, 1.165) is 60.0 Å². The van der Waals surface area contributed by atoms with Gasteiger partial charge in [0.25, 0.3) is 5.56 Å². The number of hydrogen-bond acceptors (Lipinski definition) is 3. The summed E-state index contributed by atoms with van der Waals surface area (Å²) in [5.74, 6) is 0. The van der Waals surface area contributed by atoms with Crippen LogP contribution in [0.3, 0.4) is 0 Å². The summed E-state index contributed by atoms with van der Waals surface area (Å²) < 4.78 is 7.71. The average Bonchev–Trinajstić information content (AvgIpc) is 2.96. The molecule has 0 atom stereocenters. The topological polar surface area (TPSA) is 50.3 Å². The number of para-hydroxylation sites is 1. The zero-order chi connectivity index (χ0) is 17.7. The maximum absolute atomic E-state index is 12.6. The Bertz CT molecular complexity index is 1180. The molecule has 132 valence electrons. The number of aryl methyl sites for hydroxylation is 1. The highest BCUT2D eigenvalue weighted by molar-refractivity contribution is 6.15. The number of rotatable bonds is 2. The summed E-state index contributed by atoms with van der Waals surface area (Å²) in [6, 6.07) is 14.2. The smallest absolute Gasteiger partial charge is 0.256 e. The van der Waals surface area contributed by atoms with Crippen LogP contribution in [0.15, 0.2) is 47.3 Å². The Morgan fingerprint density at radius 1 is 0.962 bits per heavy atom. The third-order valence-corrected chi connectivity index (χ3v) is 5.46. The van der Waals surface area contributed by atoms with Crippen molar-refractivity contribution < 1.29 is 4.74 Å². The fraction of sp³-hybridized carbons (Fsp3) is 0.286. The number of nitrogens with zero attached hydrogens (tertiary/aromatic N) is 2. The Balaban J connectivity index is 1.80. The third kappa shape index (κ3) is 2.28. The van der Waals surface area contributed by atoms with E-state index in [9.17, 15) is 4.79 Å². The summed E-state index contributed by atoms with van der Waals surface area (Å²) in [7, 11) is 2.10. The van der Waals surface area contributed by atoms with Crippen molar-refractivity contribution in [2.45, 2.75) is 6.54 Å². The number of morpholine rings is 1. The van der Waals surface area contributed by atoms with E-state index in [1.165, 1.54) is 11.1 Å². The van der Waals surface area contributed by atoms with Crippen molar-refractivity contribution in [2.24, 2.45) is 7.05 Å². The van der Waals surface area contributed by atoms with E-state index < -0.39 is 0 Å². The molecule has 3 heterocycles. The monoisotopic (exact) mass is 347 g/mol. The minimum absolute atomic E-state index is 0.0285. The second kappa shape index (κ2) is 5.97. The number of hydrogen-bond donors (Lipinski definition) is 1. The van der Waals surface area contributed by atoms with Crippen LogP contribution in [0, 0.1) is 0 Å². The predicted octanol–water partition coefficient (Wildman–Crippen LogP) is 3.01. The molecule has 2 aromatic carbocycles. The summed E-state index contributed by atoms with van der Waals surface area (Å²) in [6.07, 6.45) is 0. The standard InChI is InChI=1S/C21H21N3O2/c1-23-19-14(13-24-9-11-26-12-10-24)5-4-8-17(19)18-20(23)15-6-2-3-7-16(15)21(25)22-18/h2-8H,9-13H2,1H3,(H,22,25). The molecule has 1 aliphatic heterocycles. The van der Waals surface area contributed by atoms with Crippen molar-refractivity contribution in [2.75, 3.05) is 26.3 Å². The Hall–Kier alpha value is -2.63. The molecule has 1 N–H and O–H groups in total. The van der Waals surface area contributed by atoms with Gasteiger partial charge in [0.05, 0.1) is 29.8 Å². The van der Waals surface area contributed by atoms with Crippen molar-refractivity contribution in [3.05, 3.63) is 58.4 Å². The molecule has 0 amide bonds. The maximum atomic E-state index is 12.6. The molecule has 2 aromatic heterocycles. The molecule has 5 heteroatoms. The molecule has 1 aliphatic rings. The molecule has 0 saturated carbocycles. The second-order valence-electron chi connectivity index (χ2n) is 6.98. The van der Waals surface area contributed by atoms with Crippen LogP contribution < -0.4 is 5.56 Å². The quantitative estimate of drug-likeness (QED) is 0.606. The molecule has 0 aliphatic carbocycles. The lowest BCUT2D eigenvalue weighted by atomic mass is 10.1. The van der Waals surface area contributed by atoms with Crippen molar-refractivity contribution in [1.82, 2.24) is 14.5 Å². The lowest BCUT2D eigenvalue weighted by molar-refractivity contribution is 0.0343. The number of aromatic amines is 1. The molecule has 4 aromatic rings. The Morgan fingerprint density at radius 2 is 1.69 bits per heavy atom. The van der Waals surface area contributed by atoms with Gasteiger partial charge in [-0.3, -0.25) is 9.69 Å². The van der Waals surface area contributed by atoms with Gasteiger partial charge in [0, 0.05) is 42.8 Å². The van der Waals surface area contributed by atoms with Crippen LogP contribution in [0.2, 0.25) is 0 Å². The molecule has 1 fully saturated rings. The number of aromatic nitrogens is 2. The molecule has 0 bridgehead atoms. The number of H-pyrrole nitrogens is 1. The van der Waals surface area contributed by atoms with Gasteiger partial charge >= 0.3 is 0 Å². The summed E-state index contributed by atoms with van der Waals surface area (Å²) in [5.41, 5.74) is 4.47. The van der Waals surface area contributed by atoms with Crippen LogP contribution in [0.25, 0.3) is 32.7 Å². The minimum atomic E-state index is -0.0285. The molecular weight excluding hydrogens is 326 g/mol. The van der Waals surface area contributed by atoms with Crippen LogP contribution in [0.1, 0.15) is 5.56 Å². The van der Waals surface area contributed by atoms with Crippen molar-refractivity contribution in [3.63, 3.8) is 0 Å². The van der Waals surface area contributed by atoms with Gasteiger partial charge in [-0.05, 0) is 11.6 Å². The largest absolute Gasteiger partial charge is 0.379 e. The number of ether oxygens (including phenoxy) is 1. The number of pyridine rings is 1. The Kier molecular flexibility index (Phi) is 3.58. The van der Waals surface area contributed by atoms with Gasteiger partial charge in [-0.1, -0.05) is 36.4 Å².